The molecule has 0 aliphatic heterocycles. The van der Waals surface area contributed by atoms with Gasteiger partial charge in [-0.3, -0.25) is 0 Å². The smallest absolute Gasteiger partial charge is 0.00984 e. The summed E-state index contributed by atoms with van der Waals surface area (Å²) in [4.78, 5) is 0. The first-order valence-corrected chi connectivity index (χ1v) is 5.75. The summed E-state index contributed by atoms with van der Waals surface area (Å²) >= 11 is 0. The SMILES string of the molecule is CC1CC(C)(C)C2=C1CC(C)(C)C=C2. The zero-order valence-corrected chi connectivity index (χ0v) is 10.1. The molecule has 0 bridgehead atoms. The molecule has 1 unspecified atom stereocenters. The third kappa shape index (κ3) is 1.45. The highest BCUT2D eigenvalue weighted by molar-refractivity contribution is 5.41. The molecule has 0 heterocycles. The molecule has 0 saturated heterocycles. The maximum absolute atomic E-state index is 2.39. The van der Waals surface area contributed by atoms with Crippen molar-refractivity contribution < 1.29 is 0 Å². The first kappa shape index (κ1) is 10.0. The van der Waals surface area contributed by atoms with Crippen LogP contribution in [0.3, 0.4) is 0 Å². The summed E-state index contributed by atoms with van der Waals surface area (Å²) in [7, 11) is 0. The van der Waals surface area contributed by atoms with E-state index in [9.17, 15) is 0 Å². The van der Waals surface area contributed by atoms with Gasteiger partial charge in [0.15, 0.2) is 0 Å². The molecule has 2 rings (SSSR count). The van der Waals surface area contributed by atoms with E-state index in [4.69, 9.17) is 0 Å². The van der Waals surface area contributed by atoms with Gasteiger partial charge < -0.3 is 0 Å². The molecule has 0 saturated carbocycles. The van der Waals surface area contributed by atoms with Crippen molar-refractivity contribution >= 4 is 0 Å². The van der Waals surface area contributed by atoms with Crippen LogP contribution in [0.15, 0.2) is 23.3 Å². The second-order valence-electron chi connectivity index (χ2n) is 6.43. The van der Waals surface area contributed by atoms with Crippen molar-refractivity contribution in [3.05, 3.63) is 23.3 Å². The molecule has 14 heavy (non-hydrogen) atoms. The van der Waals surface area contributed by atoms with Crippen molar-refractivity contribution in [2.75, 3.05) is 0 Å². The van der Waals surface area contributed by atoms with Crippen molar-refractivity contribution in [1.29, 1.82) is 0 Å². The largest absolute Gasteiger partial charge is 0.0782 e. The monoisotopic (exact) mass is 190 g/mol. The Morgan fingerprint density at radius 1 is 1.21 bits per heavy atom. The van der Waals surface area contributed by atoms with Gasteiger partial charge in [0.1, 0.15) is 0 Å². The van der Waals surface area contributed by atoms with E-state index in [1.165, 1.54) is 12.8 Å². The van der Waals surface area contributed by atoms with Gasteiger partial charge in [-0.25, -0.2) is 0 Å². The van der Waals surface area contributed by atoms with Crippen molar-refractivity contribution in [2.45, 2.75) is 47.5 Å². The van der Waals surface area contributed by atoms with E-state index in [-0.39, 0.29) is 0 Å². The molecule has 1 atom stereocenters. The molecule has 0 aromatic heterocycles. The number of rotatable bonds is 0. The average Bonchev–Trinajstić information content (AvgIpc) is 2.20. The minimum Gasteiger partial charge on any atom is -0.0782 e. The van der Waals surface area contributed by atoms with Crippen LogP contribution in [0.2, 0.25) is 0 Å². The third-order valence-corrected chi connectivity index (χ3v) is 3.83. The molecule has 0 heteroatoms. The predicted octanol–water partition coefficient (Wildman–Crippen LogP) is 4.34. The first-order valence-electron chi connectivity index (χ1n) is 5.75. The molecule has 0 amide bonds. The van der Waals surface area contributed by atoms with Gasteiger partial charge in [0, 0.05) is 0 Å². The van der Waals surface area contributed by atoms with Crippen LogP contribution in [0.25, 0.3) is 0 Å². The Morgan fingerprint density at radius 2 is 1.86 bits per heavy atom. The molecule has 2 aliphatic carbocycles. The normalized spacial score (nSPS) is 33.4. The molecular weight excluding hydrogens is 168 g/mol. The van der Waals surface area contributed by atoms with Gasteiger partial charge in [-0.15, -0.1) is 0 Å². The highest BCUT2D eigenvalue weighted by Crippen LogP contribution is 2.52. The zero-order chi connectivity index (χ0) is 10.6. The zero-order valence-electron chi connectivity index (χ0n) is 10.1. The fraction of sp³-hybridized carbons (Fsp3) is 0.714. The van der Waals surface area contributed by atoms with Crippen LogP contribution in [0.4, 0.5) is 0 Å². The summed E-state index contributed by atoms with van der Waals surface area (Å²) in [6, 6.07) is 0. The minimum absolute atomic E-state index is 0.382. The van der Waals surface area contributed by atoms with Gasteiger partial charge in [0.2, 0.25) is 0 Å². The minimum atomic E-state index is 0.382. The summed E-state index contributed by atoms with van der Waals surface area (Å²) in [5.74, 6) is 0.796. The second-order valence-corrected chi connectivity index (χ2v) is 6.43. The van der Waals surface area contributed by atoms with E-state index < -0.39 is 0 Å². The topological polar surface area (TPSA) is 0 Å². The lowest BCUT2D eigenvalue weighted by Crippen LogP contribution is -2.16. The summed E-state index contributed by atoms with van der Waals surface area (Å²) in [5, 5.41) is 0. The molecule has 0 aromatic carbocycles. The van der Waals surface area contributed by atoms with Gasteiger partial charge in [0.25, 0.3) is 0 Å². The predicted molar refractivity (Wildman–Crippen MR) is 62.1 cm³/mol. The van der Waals surface area contributed by atoms with Gasteiger partial charge in [-0.05, 0) is 35.2 Å². The molecule has 0 radical (unpaired) electrons. The second kappa shape index (κ2) is 2.74. The van der Waals surface area contributed by atoms with E-state index in [1.807, 2.05) is 0 Å². The summed E-state index contributed by atoms with van der Waals surface area (Å²) in [5.41, 5.74) is 4.15. The van der Waals surface area contributed by atoms with Crippen molar-refractivity contribution in [2.24, 2.45) is 16.7 Å². The number of allylic oxidation sites excluding steroid dienone is 4. The Bertz CT molecular complexity index is 313. The van der Waals surface area contributed by atoms with Crippen molar-refractivity contribution in [3.8, 4) is 0 Å². The van der Waals surface area contributed by atoms with Gasteiger partial charge in [-0.2, -0.15) is 0 Å². The van der Waals surface area contributed by atoms with E-state index in [0.29, 0.717) is 10.8 Å². The summed E-state index contributed by atoms with van der Waals surface area (Å²) in [6.07, 6.45) is 7.38. The van der Waals surface area contributed by atoms with Crippen molar-refractivity contribution in [3.63, 3.8) is 0 Å². The molecule has 78 valence electrons. The highest BCUT2D eigenvalue weighted by atomic mass is 14.4. The molecule has 0 fully saturated rings. The maximum atomic E-state index is 2.39. The fourth-order valence-corrected chi connectivity index (χ4v) is 3.16. The molecule has 0 nitrogen and oxygen atoms in total. The Morgan fingerprint density at radius 3 is 2.50 bits per heavy atom. The summed E-state index contributed by atoms with van der Waals surface area (Å²) in [6.45, 7) is 11.8. The quantitative estimate of drug-likeness (QED) is 0.533. The molecule has 0 N–H and O–H groups in total. The Kier molecular flexibility index (Phi) is 1.96. The van der Waals surface area contributed by atoms with E-state index in [1.54, 1.807) is 11.1 Å². The van der Waals surface area contributed by atoms with Crippen LogP contribution < -0.4 is 0 Å². The van der Waals surface area contributed by atoms with Crippen LogP contribution >= 0.6 is 0 Å². The number of hydrogen-bond donors (Lipinski definition) is 0. The third-order valence-electron chi connectivity index (χ3n) is 3.83. The number of hydrogen-bond acceptors (Lipinski definition) is 0. The highest BCUT2D eigenvalue weighted by Gasteiger charge is 2.39. The van der Waals surface area contributed by atoms with Crippen molar-refractivity contribution in [1.82, 2.24) is 0 Å². The first-order chi connectivity index (χ1) is 6.32. The Labute approximate surface area is 88.1 Å². The van der Waals surface area contributed by atoms with E-state index >= 15 is 0 Å². The van der Waals surface area contributed by atoms with Crippen LogP contribution in [0.5, 0.6) is 0 Å². The van der Waals surface area contributed by atoms with Crippen LogP contribution in [-0.4, -0.2) is 0 Å². The van der Waals surface area contributed by atoms with Gasteiger partial charge in [0.05, 0.1) is 0 Å². The molecule has 2 aliphatic rings. The van der Waals surface area contributed by atoms with E-state index in [0.717, 1.165) is 5.92 Å². The van der Waals surface area contributed by atoms with Gasteiger partial charge >= 0.3 is 0 Å². The van der Waals surface area contributed by atoms with Gasteiger partial charge in [-0.1, -0.05) is 52.3 Å². The maximum Gasteiger partial charge on any atom is -0.00984 e. The van der Waals surface area contributed by atoms with Crippen LogP contribution in [-0.2, 0) is 0 Å². The average molecular weight is 190 g/mol. The lowest BCUT2D eigenvalue weighted by atomic mass is 9.76. The fourth-order valence-electron chi connectivity index (χ4n) is 3.16. The molecule has 0 spiro atoms. The van der Waals surface area contributed by atoms with Crippen LogP contribution in [0, 0.1) is 16.7 Å². The van der Waals surface area contributed by atoms with E-state index in [2.05, 4.69) is 46.8 Å². The molecular formula is C14H22. The standard InChI is InChI=1S/C14H22/c1-10-8-14(4,5)12-6-7-13(2,3)9-11(10)12/h6-7,10H,8-9H2,1-5H3. The lowest BCUT2D eigenvalue weighted by Gasteiger charge is -2.29. The Balaban J connectivity index is 2.40. The Hall–Kier alpha value is -0.520. The van der Waals surface area contributed by atoms with Crippen LogP contribution in [0.1, 0.15) is 47.5 Å². The lowest BCUT2D eigenvalue weighted by molar-refractivity contribution is 0.403. The molecule has 0 aromatic rings. The summed E-state index contributed by atoms with van der Waals surface area (Å²) < 4.78 is 0.